The Morgan fingerprint density at radius 3 is 2.84 bits per heavy atom. The quantitative estimate of drug-likeness (QED) is 0.909. The lowest BCUT2D eigenvalue weighted by atomic mass is 10.0. The van der Waals surface area contributed by atoms with E-state index >= 15 is 0 Å². The van der Waals surface area contributed by atoms with Gasteiger partial charge in [-0.2, -0.15) is 5.10 Å². The Bertz CT molecular complexity index is 784. The van der Waals surface area contributed by atoms with E-state index in [9.17, 15) is 9.59 Å². The highest BCUT2D eigenvalue weighted by Gasteiger charge is 2.31. The van der Waals surface area contributed by atoms with E-state index in [1.165, 1.54) is 0 Å². The second kappa shape index (κ2) is 7.04. The molecule has 0 aromatic carbocycles. The zero-order valence-corrected chi connectivity index (χ0v) is 14.8. The van der Waals surface area contributed by atoms with Crippen molar-refractivity contribution < 1.29 is 9.59 Å². The Labute approximate surface area is 147 Å². The molecule has 0 unspecified atom stereocenters. The first-order valence-electron chi connectivity index (χ1n) is 8.47. The maximum atomic E-state index is 12.7. The average Bonchev–Trinajstić information content (AvgIpc) is 2.84. The van der Waals surface area contributed by atoms with Crippen LogP contribution in [-0.2, 0) is 23.1 Å². The summed E-state index contributed by atoms with van der Waals surface area (Å²) in [5, 5.41) is 7.22. The topological polar surface area (TPSA) is 80.1 Å². The molecule has 1 fully saturated rings. The SMILES string of the molecule is Cc1nn(C)c(C)c1CC(=O)N[C@@H]1CCCN(c2cccnc2)C1=O. The Balaban J connectivity index is 1.67. The third-order valence-corrected chi connectivity index (χ3v) is 4.73. The number of hydrogen-bond donors (Lipinski definition) is 1. The molecule has 2 aromatic heterocycles. The van der Waals surface area contributed by atoms with E-state index < -0.39 is 6.04 Å². The standard InChI is InChI=1S/C18H23N5O2/c1-12-15(13(2)22(3)21-12)10-17(24)20-16-7-5-9-23(18(16)25)14-6-4-8-19-11-14/h4,6,8,11,16H,5,7,9-10H2,1-3H3,(H,20,24)/t16-/m1/s1. The molecule has 1 aliphatic heterocycles. The van der Waals surface area contributed by atoms with Crippen LogP contribution in [0.25, 0.3) is 0 Å². The van der Waals surface area contributed by atoms with Gasteiger partial charge in [-0.15, -0.1) is 0 Å². The molecular formula is C18H23N5O2. The van der Waals surface area contributed by atoms with Crippen LogP contribution >= 0.6 is 0 Å². The molecule has 132 valence electrons. The second-order valence-electron chi connectivity index (χ2n) is 6.41. The van der Waals surface area contributed by atoms with Crippen LogP contribution < -0.4 is 10.2 Å². The Kier molecular flexibility index (Phi) is 4.83. The molecule has 25 heavy (non-hydrogen) atoms. The summed E-state index contributed by atoms with van der Waals surface area (Å²) in [7, 11) is 1.86. The van der Waals surface area contributed by atoms with Crippen LogP contribution in [0.4, 0.5) is 5.69 Å². The normalized spacial score (nSPS) is 17.6. The molecule has 0 aliphatic carbocycles. The molecule has 1 atom stereocenters. The lowest BCUT2D eigenvalue weighted by Crippen LogP contribution is -2.52. The van der Waals surface area contributed by atoms with E-state index in [0.29, 0.717) is 13.0 Å². The van der Waals surface area contributed by atoms with Crippen molar-refractivity contribution in [2.24, 2.45) is 7.05 Å². The Morgan fingerprint density at radius 1 is 1.40 bits per heavy atom. The smallest absolute Gasteiger partial charge is 0.249 e. The van der Waals surface area contributed by atoms with Gasteiger partial charge in [-0.3, -0.25) is 19.3 Å². The van der Waals surface area contributed by atoms with E-state index in [2.05, 4.69) is 15.4 Å². The van der Waals surface area contributed by atoms with Crippen LogP contribution in [0, 0.1) is 13.8 Å². The van der Waals surface area contributed by atoms with Crippen molar-refractivity contribution in [3.63, 3.8) is 0 Å². The first-order valence-corrected chi connectivity index (χ1v) is 8.47. The molecule has 1 saturated heterocycles. The first kappa shape index (κ1) is 17.1. The Morgan fingerprint density at radius 2 is 2.20 bits per heavy atom. The fourth-order valence-electron chi connectivity index (χ4n) is 3.26. The van der Waals surface area contributed by atoms with Gasteiger partial charge in [-0.05, 0) is 38.8 Å². The molecule has 0 radical (unpaired) electrons. The molecule has 1 N–H and O–H groups in total. The molecule has 7 heteroatoms. The number of carbonyl (C=O) groups is 2. The number of rotatable bonds is 4. The van der Waals surface area contributed by atoms with Gasteiger partial charge in [0.2, 0.25) is 11.8 Å². The van der Waals surface area contributed by atoms with Crippen LogP contribution in [0.1, 0.15) is 29.8 Å². The molecule has 2 aromatic rings. The van der Waals surface area contributed by atoms with E-state index in [-0.39, 0.29) is 18.2 Å². The van der Waals surface area contributed by atoms with Gasteiger partial charge in [0.05, 0.1) is 24.0 Å². The van der Waals surface area contributed by atoms with Gasteiger partial charge in [-0.1, -0.05) is 0 Å². The summed E-state index contributed by atoms with van der Waals surface area (Å²) in [6.45, 7) is 4.49. The third-order valence-electron chi connectivity index (χ3n) is 4.73. The molecule has 0 bridgehead atoms. The zero-order valence-electron chi connectivity index (χ0n) is 14.8. The van der Waals surface area contributed by atoms with E-state index in [4.69, 9.17) is 0 Å². The number of nitrogens with one attached hydrogen (secondary N) is 1. The predicted octanol–water partition coefficient (Wildman–Crippen LogP) is 1.29. The number of anilines is 1. The summed E-state index contributed by atoms with van der Waals surface area (Å²) in [5.41, 5.74) is 3.51. The highest BCUT2D eigenvalue weighted by molar-refractivity contribution is 5.99. The second-order valence-corrected chi connectivity index (χ2v) is 6.41. The van der Waals surface area contributed by atoms with Crippen LogP contribution in [0.3, 0.4) is 0 Å². The van der Waals surface area contributed by atoms with Crippen LogP contribution in [-0.4, -0.2) is 39.2 Å². The van der Waals surface area contributed by atoms with E-state index in [0.717, 1.165) is 29.1 Å². The number of aromatic nitrogens is 3. The van der Waals surface area contributed by atoms with Gasteiger partial charge in [0.15, 0.2) is 0 Å². The largest absolute Gasteiger partial charge is 0.344 e. The molecule has 1 aliphatic rings. The van der Waals surface area contributed by atoms with Gasteiger partial charge in [0.25, 0.3) is 0 Å². The third kappa shape index (κ3) is 3.55. The van der Waals surface area contributed by atoms with Gasteiger partial charge in [0, 0.05) is 31.0 Å². The first-order chi connectivity index (χ1) is 12.0. The van der Waals surface area contributed by atoms with Crippen LogP contribution in [0.15, 0.2) is 24.5 Å². The maximum absolute atomic E-state index is 12.7. The van der Waals surface area contributed by atoms with Crippen molar-refractivity contribution in [2.45, 2.75) is 39.2 Å². The lowest BCUT2D eigenvalue weighted by molar-refractivity contribution is -0.128. The minimum Gasteiger partial charge on any atom is -0.344 e. The number of aryl methyl sites for hydroxylation is 2. The molecule has 3 heterocycles. The van der Waals surface area contributed by atoms with Crippen molar-refractivity contribution in [3.8, 4) is 0 Å². The predicted molar refractivity (Wildman–Crippen MR) is 94.1 cm³/mol. The number of pyridine rings is 1. The van der Waals surface area contributed by atoms with Gasteiger partial charge in [-0.25, -0.2) is 0 Å². The van der Waals surface area contributed by atoms with Gasteiger partial charge >= 0.3 is 0 Å². The molecule has 3 rings (SSSR count). The minimum absolute atomic E-state index is 0.0766. The molecular weight excluding hydrogens is 318 g/mol. The van der Waals surface area contributed by atoms with Crippen molar-refractivity contribution in [3.05, 3.63) is 41.5 Å². The summed E-state index contributed by atoms with van der Waals surface area (Å²) < 4.78 is 1.77. The Hall–Kier alpha value is -2.70. The number of amides is 2. The van der Waals surface area contributed by atoms with Gasteiger partial charge in [0.1, 0.15) is 6.04 Å². The molecule has 0 saturated carbocycles. The van der Waals surface area contributed by atoms with Crippen molar-refractivity contribution in [1.82, 2.24) is 20.1 Å². The van der Waals surface area contributed by atoms with Gasteiger partial charge < -0.3 is 10.2 Å². The monoisotopic (exact) mass is 341 g/mol. The molecule has 7 nitrogen and oxygen atoms in total. The number of piperidine rings is 1. The number of nitrogens with zero attached hydrogens (tertiary/aromatic N) is 4. The average molecular weight is 341 g/mol. The van der Waals surface area contributed by atoms with Crippen LogP contribution in [0.5, 0.6) is 0 Å². The van der Waals surface area contributed by atoms with Crippen molar-refractivity contribution in [1.29, 1.82) is 0 Å². The summed E-state index contributed by atoms with van der Waals surface area (Å²) in [6, 6.07) is 3.18. The number of carbonyl (C=O) groups excluding carboxylic acids is 2. The maximum Gasteiger partial charge on any atom is 0.249 e. The fraction of sp³-hybridized carbons (Fsp3) is 0.444. The highest BCUT2D eigenvalue weighted by atomic mass is 16.2. The molecule has 0 spiro atoms. The minimum atomic E-state index is -0.487. The fourth-order valence-corrected chi connectivity index (χ4v) is 3.26. The van der Waals surface area contributed by atoms with E-state index in [1.54, 1.807) is 28.0 Å². The lowest BCUT2D eigenvalue weighted by Gasteiger charge is -2.32. The van der Waals surface area contributed by atoms with Crippen LogP contribution in [0.2, 0.25) is 0 Å². The summed E-state index contributed by atoms with van der Waals surface area (Å²) in [6.07, 6.45) is 5.09. The molecule has 2 amide bonds. The van der Waals surface area contributed by atoms with E-state index in [1.807, 2.05) is 27.0 Å². The summed E-state index contributed by atoms with van der Waals surface area (Å²) >= 11 is 0. The number of hydrogen-bond acceptors (Lipinski definition) is 4. The van der Waals surface area contributed by atoms with Crippen molar-refractivity contribution >= 4 is 17.5 Å². The summed E-state index contributed by atoms with van der Waals surface area (Å²) in [4.78, 5) is 30.9. The summed E-state index contributed by atoms with van der Waals surface area (Å²) in [5.74, 6) is -0.224. The zero-order chi connectivity index (χ0) is 18.0. The highest BCUT2D eigenvalue weighted by Crippen LogP contribution is 2.20. The van der Waals surface area contributed by atoms with Crippen molar-refractivity contribution in [2.75, 3.05) is 11.4 Å².